The van der Waals surface area contributed by atoms with Crippen LogP contribution in [0.2, 0.25) is 0 Å². The third-order valence-corrected chi connectivity index (χ3v) is 5.46. The Labute approximate surface area is 177 Å². The lowest BCUT2D eigenvalue weighted by molar-refractivity contribution is -0.00234. The molecule has 0 saturated carbocycles. The SMILES string of the molecule is COc1c(SC)cc(F)cc1[C@@H](C)Nc1ccn2ncc(C3=NOC(C)(C)N3)c2n1. The van der Waals surface area contributed by atoms with E-state index in [2.05, 4.69) is 25.9 Å². The lowest BCUT2D eigenvalue weighted by Crippen LogP contribution is -2.38. The zero-order valence-electron chi connectivity index (χ0n) is 17.4. The second-order valence-electron chi connectivity index (χ2n) is 7.40. The number of hydrogen-bond donors (Lipinski definition) is 2. The number of benzene rings is 1. The van der Waals surface area contributed by atoms with Gasteiger partial charge in [0.2, 0.25) is 5.72 Å². The minimum absolute atomic E-state index is 0.243. The first-order valence-corrected chi connectivity index (χ1v) is 10.6. The van der Waals surface area contributed by atoms with Crippen LogP contribution in [0.15, 0.2) is 40.6 Å². The predicted octanol–water partition coefficient (Wildman–Crippen LogP) is 3.79. The summed E-state index contributed by atoms with van der Waals surface area (Å²) >= 11 is 1.44. The van der Waals surface area contributed by atoms with Crippen molar-refractivity contribution in [3.8, 4) is 5.75 Å². The topological polar surface area (TPSA) is 85.1 Å². The molecule has 2 aromatic heterocycles. The van der Waals surface area contributed by atoms with Crippen LogP contribution in [0.5, 0.6) is 5.75 Å². The van der Waals surface area contributed by atoms with Gasteiger partial charge in [-0.1, -0.05) is 5.16 Å². The highest BCUT2D eigenvalue weighted by atomic mass is 32.2. The molecule has 0 aliphatic carbocycles. The van der Waals surface area contributed by atoms with Crippen molar-refractivity contribution in [3.63, 3.8) is 0 Å². The fraction of sp³-hybridized carbons (Fsp3) is 0.350. The van der Waals surface area contributed by atoms with E-state index in [0.29, 0.717) is 28.6 Å². The quantitative estimate of drug-likeness (QED) is 0.576. The molecule has 3 aromatic rings. The smallest absolute Gasteiger partial charge is 0.203 e. The minimum Gasteiger partial charge on any atom is -0.495 e. The molecule has 1 aromatic carbocycles. The molecule has 0 fully saturated rings. The lowest BCUT2D eigenvalue weighted by atomic mass is 10.1. The van der Waals surface area contributed by atoms with E-state index in [1.165, 1.54) is 23.9 Å². The fourth-order valence-electron chi connectivity index (χ4n) is 3.30. The number of ether oxygens (including phenoxy) is 1. The van der Waals surface area contributed by atoms with E-state index >= 15 is 0 Å². The van der Waals surface area contributed by atoms with E-state index in [4.69, 9.17) is 9.57 Å². The molecule has 4 rings (SSSR count). The molecule has 0 unspecified atom stereocenters. The molecule has 0 saturated heterocycles. The molecule has 30 heavy (non-hydrogen) atoms. The Balaban J connectivity index is 1.65. The molecule has 10 heteroatoms. The van der Waals surface area contributed by atoms with Crippen LogP contribution in [-0.4, -0.2) is 39.5 Å². The maximum Gasteiger partial charge on any atom is 0.203 e. The summed E-state index contributed by atoms with van der Waals surface area (Å²) in [6.45, 7) is 5.70. The van der Waals surface area contributed by atoms with E-state index in [-0.39, 0.29) is 11.9 Å². The van der Waals surface area contributed by atoms with Gasteiger partial charge in [0, 0.05) is 11.8 Å². The molecule has 8 nitrogen and oxygen atoms in total. The van der Waals surface area contributed by atoms with Gasteiger partial charge in [-0.3, -0.25) is 0 Å². The summed E-state index contributed by atoms with van der Waals surface area (Å²) < 4.78 is 21.3. The van der Waals surface area contributed by atoms with Gasteiger partial charge in [0.15, 0.2) is 11.5 Å². The molecule has 1 aliphatic rings. The molecule has 0 amide bonds. The summed E-state index contributed by atoms with van der Waals surface area (Å²) in [6, 6.07) is 4.52. The first-order chi connectivity index (χ1) is 14.3. The van der Waals surface area contributed by atoms with Crippen LogP contribution >= 0.6 is 11.8 Å². The Kier molecular flexibility index (Phi) is 5.19. The van der Waals surface area contributed by atoms with E-state index in [9.17, 15) is 4.39 Å². The van der Waals surface area contributed by atoms with Crippen LogP contribution < -0.4 is 15.4 Å². The van der Waals surface area contributed by atoms with Gasteiger partial charge in [0.05, 0.1) is 29.8 Å². The highest BCUT2D eigenvalue weighted by molar-refractivity contribution is 7.98. The van der Waals surface area contributed by atoms with Crippen LogP contribution in [0.25, 0.3) is 5.65 Å². The first kappa shape index (κ1) is 20.3. The van der Waals surface area contributed by atoms with Gasteiger partial charge in [-0.25, -0.2) is 13.9 Å². The molecule has 1 atom stereocenters. The molecular weight excluding hydrogens is 407 g/mol. The second kappa shape index (κ2) is 7.67. The van der Waals surface area contributed by atoms with Gasteiger partial charge in [0.1, 0.15) is 17.4 Å². The van der Waals surface area contributed by atoms with Crippen LogP contribution in [0.3, 0.4) is 0 Å². The second-order valence-corrected chi connectivity index (χ2v) is 8.25. The van der Waals surface area contributed by atoms with Crippen molar-refractivity contribution in [2.75, 3.05) is 18.7 Å². The van der Waals surface area contributed by atoms with Gasteiger partial charge in [0.25, 0.3) is 0 Å². The Morgan fingerprint density at radius 1 is 1.37 bits per heavy atom. The van der Waals surface area contributed by atoms with Gasteiger partial charge in [-0.15, -0.1) is 11.8 Å². The zero-order chi connectivity index (χ0) is 21.5. The summed E-state index contributed by atoms with van der Waals surface area (Å²) in [5.74, 6) is 1.54. The molecule has 2 N–H and O–H groups in total. The minimum atomic E-state index is -0.586. The van der Waals surface area contributed by atoms with E-state index in [1.807, 2.05) is 33.1 Å². The van der Waals surface area contributed by atoms with Gasteiger partial charge >= 0.3 is 0 Å². The molecule has 0 bridgehead atoms. The van der Waals surface area contributed by atoms with Gasteiger partial charge < -0.3 is 20.2 Å². The zero-order valence-corrected chi connectivity index (χ0v) is 18.2. The van der Waals surface area contributed by atoms with Crippen molar-refractivity contribution in [1.82, 2.24) is 19.9 Å². The lowest BCUT2D eigenvalue weighted by Gasteiger charge is -2.20. The Bertz CT molecular complexity index is 1130. The first-order valence-electron chi connectivity index (χ1n) is 9.38. The number of halogens is 1. The van der Waals surface area contributed by atoms with Crippen molar-refractivity contribution in [1.29, 1.82) is 0 Å². The van der Waals surface area contributed by atoms with Crippen molar-refractivity contribution < 1.29 is 14.0 Å². The van der Waals surface area contributed by atoms with Crippen LogP contribution in [-0.2, 0) is 4.84 Å². The van der Waals surface area contributed by atoms with Crippen molar-refractivity contribution >= 4 is 29.1 Å². The van der Waals surface area contributed by atoms with Gasteiger partial charge in [-0.05, 0) is 45.2 Å². The third kappa shape index (κ3) is 3.74. The Morgan fingerprint density at radius 3 is 2.83 bits per heavy atom. The molecule has 0 spiro atoms. The van der Waals surface area contributed by atoms with E-state index in [0.717, 1.165) is 10.5 Å². The van der Waals surface area contributed by atoms with Crippen LogP contribution in [0.4, 0.5) is 10.2 Å². The molecular formula is C20H23FN6O2S. The number of aromatic nitrogens is 3. The summed E-state index contributed by atoms with van der Waals surface area (Å²) in [5.41, 5.74) is 1.48. The highest BCUT2D eigenvalue weighted by Crippen LogP contribution is 2.36. The average Bonchev–Trinajstić information content (AvgIpc) is 3.29. The largest absolute Gasteiger partial charge is 0.495 e. The number of nitrogens with zero attached hydrogens (tertiary/aromatic N) is 4. The number of hydrogen-bond acceptors (Lipinski definition) is 8. The standard InChI is InChI=1S/C20H23FN6O2S/c1-11(13-8-12(21)9-15(30-5)17(13)28-4)23-16-6-7-27-19(24-16)14(10-22-27)18-25-20(2,3)29-26-18/h6-11H,1-5H3,(H,23,24)(H,25,26)/t11-/m1/s1. The summed E-state index contributed by atoms with van der Waals surface area (Å²) in [5, 5.41) is 15.0. The normalized spacial score (nSPS) is 16.0. The monoisotopic (exact) mass is 430 g/mol. The summed E-state index contributed by atoms with van der Waals surface area (Å²) in [6.07, 6.45) is 5.38. The number of thioether (sulfide) groups is 1. The molecule has 1 aliphatic heterocycles. The molecule has 3 heterocycles. The van der Waals surface area contributed by atoms with Crippen molar-refractivity contribution in [3.05, 3.63) is 47.5 Å². The van der Waals surface area contributed by atoms with E-state index < -0.39 is 5.72 Å². The molecule has 158 valence electrons. The van der Waals surface area contributed by atoms with Crippen LogP contribution in [0.1, 0.15) is 37.9 Å². The average molecular weight is 431 g/mol. The number of anilines is 1. The van der Waals surface area contributed by atoms with Crippen molar-refractivity contribution in [2.45, 2.75) is 37.4 Å². The number of nitrogens with one attached hydrogen (secondary N) is 2. The van der Waals surface area contributed by atoms with Crippen molar-refractivity contribution in [2.24, 2.45) is 5.16 Å². The third-order valence-electron chi connectivity index (χ3n) is 4.71. The number of methoxy groups -OCH3 is 1. The molecule has 0 radical (unpaired) electrons. The Morgan fingerprint density at radius 2 is 2.17 bits per heavy atom. The van der Waals surface area contributed by atoms with Crippen LogP contribution in [0, 0.1) is 5.82 Å². The maximum atomic E-state index is 14.1. The predicted molar refractivity (Wildman–Crippen MR) is 115 cm³/mol. The highest BCUT2D eigenvalue weighted by Gasteiger charge is 2.30. The Hall–Kier alpha value is -3.01. The number of amidine groups is 1. The summed E-state index contributed by atoms with van der Waals surface area (Å²) in [7, 11) is 1.59. The number of rotatable bonds is 6. The number of fused-ring (bicyclic) bond motifs is 1. The fourth-order valence-corrected chi connectivity index (χ4v) is 3.92. The van der Waals surface area contributed by atoms with E-state index in [1.54, 1.807) is 24.0 Å². The maximum absolute atomic E-state index is 14.1. The van der Waals surface area contributed by atoms with Gasteiger partial charge in [-0.2, -0.15) is 5.10 Å². The number of oxime groups is 1. The summed E-state index contributed by atoms with van der Waals surface area (Å²) in [4.78, 5) is 10.8.